The minimum absolute atomic E-state index is 0.548. The molecule has 3 aromatic rings. The fraction of sp³-hybridized carbons (Fsp3) is 0.286. The number of methoxy groups -OCH3 is 1. The van der Waals surface area contributed by atoms with Gasteiger partial charge in [-0.25, -0.2) is 0 Å². The molecule has 1 saturated heterocycles. The Morgan fingerprint density at radius 1 is 0.750 bits per heavy atom. The molecule has 1 fully saturated rings. The van der Waals surface area contributed by atoms with Crippen LogP contribution in [0.1, 0.15) is 16.7 Å². The molecule has 0 saturated carbocycles. The number of piperazine rings is 1. The van der Waals surface area contributed by atoms with Gasteiger partial charge in [-0.3, -0.25) is 0 Å². The summed E-state index contributed by atoms with van der Waals surface area (Å²) in [5.74, 6) is 1.61. The van der Waals surface area contributed by atoms with Gasteiger partial charge in [0.15, 0.2) is 11.5 Å². The number of rotatable bonds is 9. The van der Waals surface area contributed by atoms with Crippen molar-refractivity contribution in [3.05, 3.63) is 102 Å². The predicted octanol–water partition coefficient (Wildman–Crippen LogP) is 2.27. The van der Waals surface area contributed by atoms with Crippen LogP contribution in [0.2, 0.25) is 0 Å². The molecule has 4 heteroatoms. The maximum absolute atomic E-state index is 6.10. The van der Waals surface area contributed by atoms with Gasteiger partial charge in [-0.15, -0.1) is 0 Å². The molecule has 0 aliphatic carbocycles. The van der Waals surface area contributed by atoms with E-state index in [9.17, 15) is 0 Å². The summed E-state index contributed by atoms with van der Waals surface area (Å²) in [6.07, 6.45) is 4.55. The van der Waals surface area contributed by atoms with Gasteiger partial charge in [0.25, 0.3) is 0 Å². The van der Waals surface area contributed by atoms with Crippen LogP contribution < -0.4 is 19.3 Å². The van der Waals surface area contributed by atoms with Crippen molar-refractivity contribution in [2.24, 2.45) is 0 Å². The first-order chi connectivity index (χ1) is 15.8. The first kappa shape index (κ1) is 22.1. The fourth-order valence-corrected chi connectivity index (χ4v) is 4.23. The van der Waals surface area contributed by atoms with E-state index in [1.165, 1.54) is 37.3 Å². The summed E-state index contributed by atoms with van der Waals surface area (Å²) in [4.78, 5) is 3.31. The van der Waals surface area contributed by atoms with Gasteiger partial charge in [-0.1, -0.05) is 66.7 Å². The number of hydrogen-bond acceptors (Lipinski definition) is 2. The van der Waals surface area contributed by atoms with E-state index >= 15 is 0 Å². The van der Waals surface area contributed by atoms with Crippen LogP contribution in [-0.2, 0) is 13.2 Å². The van der Waals surface area contributed by atoms with E-state index in [1.807, 2.05) is 24.3 Å². The van der Waals surface area contributed by atoms with Crippen molar-refractivity contribution >= 4 is 6.08 Å². The lowest BCUT2D eigenvalue weighted by Gasteiger charge is -2.29. The Morgan fingerprint density at radius 2 is 1.44 bits per heavy atom. The summed E-state index contributed by atoms with van der Waals surface area (Å²) in [5.41, 5.74) is 3.74. The van der Waals surface area contributed by atoms with Gasteiger partial charge in [-0.2, -0.15) is 0 Å². The van der Waals surface area contributed by atoms with E-state index in [0.717, 1.165) is 30.2 Å². The first-order valence-electron chi connectivity index (χ1n) is 11.5. The van der Waals surface area contributed by atoms with Crippen molar-refractivity contribution in [2.75, 3.05) is 39.8 Å². The standard InChI is InChI=1S/C28H32N2O2/c1-31-27-15-14-26(21-28(27)32-23-25-11-6-3-7-12-25)22-30-19-17-29(18-20-30)16-8-13-24-9-4-2-5-10-24/h2-15,21H,16-20,22-23H2,1H3/p+2/b13-8+. The van der Waals surface area contributed by atoms with Crippen molar-refractivity contribution in [1.82, 2.24) is 0 Å². The maximum Gasteiger partial charge on any atom is 0.162 e. The molecule has 3 aromatic carbocycles. The predicted molar refractivity (Wildman–Crippen MR) is 129 cm³/mol. The molecule has 1 heterocycles. The Hall–Kier alpha value is -3.08. The molecule has 0 bridgehead atoms. The molecule has 1 aliphatic rings. The van der Waals surface area contributed by atoms with Crippen LogP contribution >= 0.6 is 0 Å². The molecule has 0 unspecified atom stereocenters. The second kappa shape index (κ2) is 11.5. The third-order valence-electron chi connectivity index (χ3n) is 6.10. The monoisotopic (exact) mass is 430 g/mol. The Morgan fingerprint density at radius 3 is 2.16 bits per heavy atom. The van der Waals surface area contributed by atoms with Crippen molar-refractivity contribution < 1.29 is 19.3 Å². The summed E-state index contributed by atoms with van der Waals surface area (Å²) in [6, 6.07) is 27.2. The van der Waals surface area contributed by atoms with E-state index in [1.54, 1.807) is 16.9 Å². The number of nitrogens with one attached hydrogen (secondary N) is 2. The average molecular weight is 431 g/mol. The molecule has 0 atom stereocenters. The highest BCUT2D eigenvalue weighted by molar-refractivity contribution is 5.48. The van der Waals surface area contributed by atoms with Gasteiger partial charge in [0, 0.05) is 5.56 Å². The molecule has 0 spiro atoms. The lowest BCUT2D eigenvalue weighted by Crippen LogP contribution is -3.27. The lowest BCUT2D eigenvalue weighted by molar-refractivity contribution is -1.02. The second-order valence-electron chi connectivity index (χ2n) is 8.45. The Balaban J connectivity index is 1.27. The van der Waals surface area contributed by atoms with Gasteiger partial charge in [0.1, 0.15) is 39.3 Å². The SMILES string of the molecule is COc1ccc(C[NH+]2CC[NH+](C/C=C/c3ccccc3)CC2)cc1OCc1ccccc1. The molecule has 2 N–H and O–H groups in total. The summed E-state index contributed by atoms with van der Waals surface area (Å²) >= 11 is 0. The molecule has 166 valence electrons. The molecular weight excluding hydrogens is 396 g/mol. The smallest absolute Gasteiger partial charge is 0.162 e. The number of ether oxygens (including phenoxy) is 2. The highest BCUT2D eigenvalue weighted by Gasteiger charge is 2.22. The number of quaternary nitrogens is 2. The highest BCUT2D eigenvalue weighted by atomic mass is 16.5. The Labute approximate surface area is 191 Å². The minimum Gasteiger partial charge on any atom is -0.493 e. The molecule has 0 aromatic heterocycles. The van der Waals surface area contributed by atoms with Crippen molar-refractivity contribution in [3.8, 4) is 11.5 Å². The van der Waals surface area contributed by atoms with Crippen LogP contribution in [-0.4, -0.2) is 39.8 Å². The van der Waals surface area contributed by atoms with Crippen LogP contribution in [0.15, 0.2) is 84.9 Å². The molecule has 0 radical (unpaired) electrons. The van der Waals surface area contributed by atoms with E-state index in [4.69, 9.17) is 9.47 Å². The zero-order valence-electron chi connectivity index (χ0n) is 18.9. The van der Waals surface area contributed by atoms with Crippen LogP contribution in [0, 0.1) is 0 Å². The third-order valence-corrected chi connectivity index (χ3v) is 6.10. The molecule has 4 nitrogen and oxygen atoms in total. The van der Waals surface area contributed by atoms with Gasteiger partial charge in [0.2, 0.25) is 0 Å². The van der Waals surface area contributed by atoms with Crippen LogP contribution in [0.25, 0.3) is 6.08 Å². The lowest BCUT2D eigenvalue weighted by atomic mass is 10.1. The molecule has 32 heavy (non-hydrogen) atoms. The largest absolute Gasteiger partial charge is 0.493 e. The molecule has 0 amide bonds. The summed E-state index contributed by atoms with van der Waals surface area (Å²) < 4.78 is 11.6. The van der Waals surface area contributed by atoms with Gasteiger partial charge in [-0.05, 0) is 35.4 Å². The van der Waals surface area contributed by atoms with Crippen molar-refractivity contribution in [2.45, 2.75) is 13.2 Å². The number of benzene rings is 3. The second-order valence-corrected chi connectivity index (χ2v) is 8.45. The normalized spacial score (nSPS) is 18.5. The number of hydrogen-bond donors (Lipinski definition) is 2. The Bertz CT molecular complexity index is 981. The zero-order valence-corrected chi connectivity index (χ0v) is 18.9. The first-order valence-corrected chi connectivity index (χ1v) is 11.5. The van der Waals surface area contributed by atoms with E-state index < -0.39 is 0 Å². The quantitative estimate of drug-likeness (QED) is 0.545. The van der Waals surface area contributed by atoms with Crippen molar-refractivity contribution in [1.29, 1.82) is 0 Å². The fourth-order valence-electron chi connectivity index (χ4n) is 4.23. The summed E-state index contributed by atoms with van der Waals surface area (Å²) in [7, 11) is 1.70. The molecular formula is C28H34N2O2+2. The highest BCUT2D eigenvalue weighted by Crippen LogP contribution is 2.28. The Kier molecular flexibility index (Phi) is 7.96. The molecule has 4 rings (SSSR count). The topological polar surface area (TPSA) is 27.3 Å². The van der Waals surface area contributed by atoms with Gasteiger partial charge < -0.3 is 19.3 Å². The van der Waals surface area contributed by atoms with E-state index in [-0.39, 0.29) is 0 Å². The minimum atomic E-state index is 0.548. The van der Waals surface area contributed by atoms with E-state index in [0.29, 0.717) is 6.61 Å². The van der Waals surface area contributed by atoms with Crippen LogP contribution in [0.5, 0.6) is 11.5 Å². The third kappa shape index (κ3) is 6.46. The van der Waals surface area contributed by atoms with E-state index in [2.05, 4.69) is 66.7 Å². The molecule has 1 aliphatic heterocycles. The maximum atomic E-state index is 6.10. The summed E-state index contributed by atoms with van der Waals surface area (Å²) in [6.45, 7) is 7.48. The van der Waals surface area contributed by atoms with Gasteiger partial charge in [0.05, 0.1) is 13.7 Å². The zero-order chi connectivity index (χ0) is 22.0. The van der Waals surface area contributed by atoms with Crippen molar-refractivity contribution in [3.63, 3.8) is 0 Å². The average Bonchev–Trinajstić information content (AvgIpc) is 2.85. The van der Waals surface area contributed by atoms with Gasteiger partial charge >= 0.3 is 0 Å². The van der Waals surface area contributed by atoms with Crippen LogP contribution in [0.4, 0.5) is 0 Å². The van der Waals surface area contributed by atoms with Crippen LogP contribution in [0.3, 0.4) is 0 Å². The summed E-state index contributed by atoms with van der Waals surface area (Å²) in [5, 5.41) is 0.